The molecule has 1 heterocycles. The number of anilines is 1. The first-order valence-electron chi connectivity index (χ1n) is 6.71. The van der Waals surface area contributed by atoms with Crippen LogP contribution in [0.25, 0.3) is 10.1 Å². The Hall–Kier alpha value is -2.38. The predicted octanol–water partition coefficient (Wildman–Crippen LogP) is 3.71. The average molecular weight is 347 g/mol. The first-order valence-corrected chi connectivity index (χ1v) is 9.01. The van der Waals surface area contributed by atoms with Crippen molar-refractivity contribution >= 4 is 43.1 Å². The maximum Gasteiger partial charge on any atom is 0.345 e. The molecule has 2 aromatic carbocycles. The van der Waals surface area contributed by atoms with Gasteiger partial charge in [-0.1, -0.05) is 17.7 Å². The summed E-state index contributed by atoms with van der Waals surface area (Å²) < 4.78 is 28.0. The molecule has 0 fully saturated rings. The van der Waals surface area contributed by atoms with Gasteiger partial charge in [0.05, 0.1) is 4.90 Å². The number of benzene rings is 2. The number of carboxylic acid groups (broad SMARTS) is 1. The van der Waals surface area contributed by atoms with E-state index in [4.69, 9.17) is 5.11 Å². The molecule has 1 aromatic heterocycles. The highest BCUT2D eigenvalue weighted by molar-refractivity contribution is 7.92. The number of aromatic carboxylic acids is 1. The van der Waals surface area contributed by atoms with Gasteiger partial charge in [0.1, 0.15) is 4.88 Å². The Morgan fingerprint density at radius 2 is 1.78 bits per heavy atom. The smallest absolute Gasteiger partial charge is 0.345 e. The van der Waals surface area contributed by atoms with Gasteiger partial charge < -0.3 is 5.11 Å². The van der Waals surface area contributed by atoms with Gasteiger partial charge in [0.2, 0.25) is 0 Å². The topological polar surface area (TPSA) is 83.5 Å². The van der Waals surface area contributed by atoms with Gasteiger partial charge in [0.15, 0.2) is 0 Å². The van der Waals surface area contributed by atoms with Crippen molar-refractivity contribution in [2.24, 2.45) is 0 Å². The molecule has 5 nitrogen and oxygen atoms in total. The molecule has 0 atom stereocenters. The molecule has 0 spiro atoms. The van der Waals surface area contributed by atoms with E-state index in [1.165, 1.54) is 6.07 Å². The van der Waals surface area contributed by atoms with E-state index in [1.807, 2.05) is 6.92 Å². The SMILES string of the molecule is Cc1ccc(S(=O)(=O)Nc2ccc3sc(C(=O)O)cc3c2)cc1. The number of carboxylic acids is 1. The third-order valence-electron chi connectivity index (χ3n) is 3.31. The molecule has 0 saturated heterocycles. The molecule has 7 heteroatoms. The molecule has 0 bridgehead atoms. The minimum Gasteiger partial charge on any atom is -0.477 e. The first kappa shape index (κ1) is 15.5. The highest BCUT2D eigenvalue weighted by Crippen LogP contribution is 2.29. The Labute approximate surface area is 137 Å². The lowest BCUT2D eigenvalue weighted by atomic mass is 10.2. The molecule has 0 aliphatic heterocycles. The van der Waals surface area contributed by atoms with Gasteiger partial charge in [0.25, 0.3) is 10.0 Å². The summed E-state index contributed by atoms with van der Waals surface area (Å²) >= 11 is 1.15. The number of carbonyl (C=O) groups is 1. The number of fused-ring (bicyclic) bond motifs is 1. The number of nitrogens with one attached hydrogen (secondary N) is 1. The van der Waals surface area contributed by atoms with Crippen molar-refractivity contribution in [3.05, 3.63) is 59.0 Å². The third kappa shape index (κ3) is 3.20. The van der Waals surface area contributed by atoms with Gasteiger partial charge in [-0.25, -0.2) is 13.2 Å². The standard InChI is InChI=1S/C16H13NO4S2/c1-10-2-5-13(6-3-10)23(20,21)17-12-4-7-14-11(8-12)9-15(22-14)16(18)19/h2-9,17H,1H3,(H,18,19). The van der Waals surface area contributed by atoms with E-state index in [-0.39, 0.29) is 9.77 Å². The van der Waals surface area contributed by atoms with Crippen molar-refractivity contribution in [1.29, 1.82) is 0 Å². The van der Waals surface area contributed by atoms with Gasteiger partial charge in [-0.05, 0) is 48.7 Å². The van der Waals surface area contributed by atoms with Crippen LogP contribution >= 0.6 is 11.3 Å². The molecule has 0 unspecified atom stereocenters. The second-order valence-corrected chi connectivity index (χ2v) is 7.85. The van der Waals surface area contributed by atoms with Crippen LogP contribution in [0.4, 0.5) is 5.69 Å². The zero-order valence-corrected chi connectivity index (χ0v) is 13.7. The largest absolute Gasteiger partial charge is 0.477 e. The molecule has 3 rings (SSSR count). The number of aryl methyl sites for hydroxylation is 1. The average Bonchev–Trinajstić information content (AvgIpc) is 2.90. The van der Waals surface area contributed by atoms with Crippen LogP contribution in [0.5, 0.6) is 0 Å². The lowest BCUT2D eigenvalue weighted by Crippen LogP contribution is -2.12. The monoisotopic (exact) mass is 347 g/mol. The molecule has 0 amide bonds. The van der Waals surface area contributed by atoms with E-state index >= 15 is 0 Å². The van der Waals surface area contributed by atoms with Crippen LogP contribution in [0.3, 0.4) is 0 Å². The maximum atomic E-state index is 12.4. The van der Waals surface area contributed by atoms with E-state index in [9.17, 15) is 13.2 Å². The molecule has 23 heavy (non-hydrogen) atoms. The van der Waals surface area contributed by atoms with Crippen LogP contribution in [0.15, 0.2) is 53.4 Å². The summed E-state index contributed by atoms with van der Waals surface area (Å²) in [5.74, 6) is -0.993. The van der Waals surface area contributed by atoms with Crippen LogP contribution in [0, 0.1) is 6.92 Å². The summed E-state index contributed by atoms with van der Waals surface area (Å²) in [7, 11) is -3.67. The number of thiophene rings is 1. The first-order chi connectivity index (χ1) is 10.8. The maximum absolute atomic E-state index is 12.4. The Bertz CT molecular complexity index is 989. The second kappa shape index (κ2) is 5.68. The molecule has 2 N–H and O–H groups in total. The summed E-state index contributed by atoms with van der Waals surface area (Å²) in [5.41, 5.74) is 1.37. The van der Waals surface area contributed by atoms with Crippen LogP contribution in [-0.4, -0.2) is 19.5 Å². The summed E-state index contributed by atoms with van der Waals surface area (Å²) in [6.45, 7) is 1.88. The van der Waals surface area contributed by atoms with E-state index in [1.54, 1.807) is 42.5 Å². The number of sulfonamides is 1. The Morgan fingerprint density at radius 1 is 1.09 bits per heavy atom. The van der Waals surface area contributed by atoms with Crippen LogP contribution < -0.4 is 4.72 Å². The molecule has 118 valence electrons. The van der Waals surface area contributed by atoms with Crippen molar-refractivity contribution in [3.8, 4) is 0 Å². The molecule has 0 aliphatic carbocycles. The van der Waals surface area contributed by atoms with Crippen molar-refractivity contribution in [2.75, 3.05) is 4.72 Å². The molecule has 3 aromatic rings. The Balaban J connectivity index is 1.94. The zero-order chi connectivity index (χ0) is 16.6. The van der Waals surface area contributed by atoms with Gasteiger partial charge in [-0.15, -0.1) is 11.3 Å². The molecular formula is C16H13NO4S2. The Morgan fingerprint density at radius 3 is 2.43 bits per heavy atom. The van der Waals surface area contributed by atoms with Crippen molar-refractivity contribution in [2.45, 2.75) is 11.8 Å². The molecule has 0 radical (unpaired) electrons. The predicted molar refractivity (Wildman–Crippen MR) is 90.8 cm³/mol. The van der Waals surface area contributed by atoms with E-state index in [2.05, 4.69) is 4.72 Å². The molecule has 0 aliphatic rings. The highest BCUT2D eigenvalue weighted by Gasteiger charge is 2.15. The molecule has 0 saturated carbocycles. The number of hydrogen-bond donors (Lipinski definition) is 2. The fourth-order valence-electron chi connectivity index (χ4n) is 2.14. The van der Waals surface area contributed by atoms with Gasteiger partial charge in [0, 0.05) is 10.4 Å². The fraction of sp³-hybridized carbons (Fsp3) is 0.0625. The molecular weight excluding hydrogens is 334 g/mol. The van der Waals surface area contributed by atoms with E-state index < -0.39 is 16.0 Å². The van der Waals surface area contributed by atoms with Gasteiger partial charge in [-0.3, -0.25) is 4.72 Å². The minimum absolute atomic E-state index is 0.180. The van der Waals surface area contributed by atoms with E-state index in [0.717, 1.165) is 21.6 Å². The van der Waals surface area contributed by atoms with Crippen LogP contribution in [0.2, 0.25) is 0 Å². The number of hydrogen-bond acceptors (Lipinski definition) is 4. The third-order valence-corrected chi connectivity index (χ3v) is 5.81. The number of rotatable bonds is 4. The summed E-state index contributed by atoms with van der Waals surface area (Å²) in [4.78, 5) is 11.4. The summed E-state index contributed by atoms with van der Waals surface area (Å²) in [6, 6.07) is 13.0. The Kier molecular flexibility index (Phi) is 3.83. The normalized spacial score (nSPS) is 11.5. The van der Waals surface area contributed by atoms with Crippen LogP contribution in [-0.2, 0) is 10.0 Å². The van der Waals surface area contributed by atoms with Crippen molar-refractivity contribution in [3.63, 3.8) is 0 Å². The fourth-order valence-corrected chi connectivity index (χ4v) is 4.08. The van der Waals surface area contributed by atoms with Crippen molar-refractivity contribution < 1.29 is 18.3 Å². The second-order valence-electron chi connectivity index (χ2n) is 5.09. The lowest BCUT2D eigenvalue weighted by Gasteiger charge is -2.08. The minimum atomic E-state index is -3.67. The van der Waals surface area contributed by atoms with Gasteiger partial charge in [-0.2, -0.15) is 0 Å². The quantitative estimate of drug-likeness (QED) is 0.753. The summed E-state index contributed by atoms with van der Waals surface area (Å²) in [5, 5.41) is 9.70. The lowest BCUT2D eigenvalue weighted by molar-refractivity contribution is 0.0702. The van der Waals surface area contributed by atoms with Crippen LogP contribution in [0.1, 0.15) is 15.2 Å². The summed E-state index contributed by atoms with van der Waals surface area (Å²) in [6.07, 6.45) is 0. The zero-order valence-electron chi connectivity index (χ0n) is 12.1. The van der Waals surface area contributed by atoms with E-state index in [0.29, 0.717) is 11.1 Å². The van der Waals surface area contributed by atoms with Crippen molar-refractivity contribution in [1.82, 2.24) is 0 Å². The van der Waals surface area contributed by atoms with Gasteiger partial charge >= 0.3 is 5.97 Å². The highest BCUT2D eigenvalue weighted by atomic mass is 32.2.